The fourth-order valence-electron chi connectivity index (χ4n) is 2.11. The fourth-order valence-corrected chi connectivity index (χ4v) is 2.11. The van der Waals surface area contributed by atoms with E-state index in [1.807, 2.05) is 0 Å². The molecule has 1 saturated heterocycles. The Balaban J connectivity index is 2.25. The third kappa shape index (κ3) is 2.15. The molecule has 4 nitrogen and oxygen atoms in total. The van der Waals surface area contributed by atoms with Gasteiger partial charge >= 0.3 is 5.97 Å². The van der Waals surface area contributed by atoms with Crippen LogP contribution < -0.4 is 5.32 Å². The van der Waals surface area contributed by atoms with E-state index in [0.717, 1.165) is 0 Å². The maximum Gasteiger partial charge on any atom is 0.345 e. The summed E-state index contributed by atoms with van der Waals surface area (Å²) in [5.74, 6) is -1.32. The van der Waals surface area contributed by atoms with Gasteiger partial charge in [-0.25, -0.2) is 9.18 Å². The maximum absolute atomic E-state index is 14.7. The third-order valence-electron chi connectivity index (χ3n) is 2.98. The quantitative estimate of drug-likeness (QED) is 0.799. The third-order valence-corrected chi connectivity index (χ3v) is 2.98. The first-order valence-electron chi connectivity index (χ1n) is 5.65. The van der Waals surface area contributed by atoms with Crippen LogP contribution in [0.5, 0.6) is 0 Å². The number of esters is 1. The number of nitrogens with zero attached hydrogens (tertiary/aromatic N) is 1. The Kier molecular flexibility index (Phi) is 3.38. The normalized spacial score (nSPS) is 28.0. The molecule has 2 rings (SSSR count). The molecule has 0 amide bonds. The summed E-state index contributed by atoms with van der Waals surface area (Å²) in [5.41, 5.74) is -1.27. The zero-order chi connectivity index (χ0) is 12.3. The van der Waals surface area contributed by atoms with E-state index in [4.69, 9.17) is 4.74 Å². The van der Waals surface area contributed by atoms with Gasteiger partial charge in [-0.1, -0.05) is 6.07 Å². The van der Waals surface area contributed by atoms with E-state index in [1.54, 1.807) is 31.5 Å². The highest BCUT2D eigenvalue weighted by molar-refractivity contribution is 5.82. The van der Waals surface area contributed by atoms with Crippen LogP contribution in [0.1, 0.15) is 18.4 Å². The molecule has 1 aliphatic heterocycles. The number of carbonyl (C=O) groups excluding carboxylic acids is 1. The number of carbonyl (C=O) groups is 1. The monoisotopic (exact) mass is 238 g/mol. The molecule has 1 N–H and O–H groups in total. The van der Waals surface area contributed by atoms with Crippen LogP contribution in [0, 0.1) is 0 Å². The van der Waals surface area contributed by atoms with Gasteiger partial charge in [-0.3, -0.25) is 4.98 Å². The molecular weight excluding hydrogens is 223 g/mol. The van der Waals surface area contributed by atoms with Crippen molar-refractivity contribution in [3.63, 3.8) is 0 Å². The Morgan fingerprint density at radius 2 is 2.59 bits per heavy atom. The van der Waals surface area contributed by atoms with Gasteiger partial charge in [-0.05, 0) is 18.6 Å². The molecule has 0 saturated carbocycles. The topological polar surface area (TPSA) is 51.2 Å². The van der Waals surface area contributed by atoms with Crippen LogP contribution in [0.2, 0.25) is 0 Å². The first-order chi connectivity index (χ1) is 8.18. The molecule has 2 atom stereocenters. The van der Waals surface area contributed by atoms with Gasteiger partial charge in [0.15, 0.2) is 0 Å². The average molecular weight is 238 g/mol. The first kappa shape index (κ1) is 12.0. The van der Waals surface area contributed by atoms with Gasteiger partial charge in [-0.15, -0.1) is 0 Å². The molecule has 5 heteroatoms. The highest BCUT2D eigenvalue weighted by Gasteiger charge is 2.52. The molecule has 0 bridgehead atoms. The van der Waals surface area contributed by atoms with E-state index in [-0.39, 0.29) is 13.2 Å². The van der Waals surface area contributed by atoms with Crippen LogP contribution in [-0.2, 0) is 9.53 Å². The summed E-state index contributed by atoms with van der Waals surface area (Å²) in [6.07, 6.45) is 3.21. The minimum absolute atomic E-state index is 0.00854. The number of pyridine rings is 1. The SMILES string of the molecule is CCOC(=O)[C@]1(F)CNC[C@H]1c1cccnc1. The Morgan fingerprint density at radius 3 is 3.24 bits per heavy atom. The first-order valence-corrected chi connectivity index (χ1v) is 5.65. The molecular formula is C12H15FN2O2. The second-order valence-corrected chi connectivity index (χ2v) is 4.05. The summed E-state index contributed by atoms with van der Waals surface area (Å²) in [5, 5.41) is 2.90. The highest BCUT2D eigenvalue weighted by Crippen LogP contribution is 2.35. The lowest BCUT2D eigenvalue weighted by molar-refractivity contribution is -0.157. The molecule has 0 unspecified atom stereocenters. The second-order valence-electron chi connectivity index (χ2n) is 4.05. The van der Waals surface area contributed by atoms with Crippen molar-refractivity contribution in [1.82, 2.24) is 10.3 Å². The van der Waals surface area contributed by atoms with Gasteiger partial charge in [0.2, 0.25) is 5.67 Å². The minimum atomic E-state index is -1.99. The summed E-state index contributed by atoms with van der Waals surface area (Å²) < 4.78 is 19.5. The lowest BCUT2D eigenvalue weighted by atomic mass is 9.87. The van der Waals surface area contributed by atoms with Gasteiger partial charge in [-0.2, -0.15) is 0 Å². The van der Waals surface area contributed by atoms with Crippen molar-refractivity contribution in [2.75, 3.05) is 19.7 Å². The number of alkyl halides is 1. The number of nitrogens with one attached hydrogen (secondary N) is 1. The van der Waals surface area contributed by atoms with E-state index in [1.165, 1.54) is 0 Å². The van der Waals surface area contributed by atoms with Crippen molar-refractivity contribution >= 4 is 5.97 Å². The van der Waals surface area contributed by atoms with Crippen molar-refractivity contribution in [3.05, 3.63) is 30.1 Å². The molecule has 1 aromatic heterocycles. The van der Waals surface area contributed by atoms with E-state index in [9.17, 15) is 9.18 Å². The zero-order valence-electron chi connectivity index (χ0n) is 9.65. The van der Waals surface area contributed by atoms with Crippen molar-refractivity contribution in [1.29, 1.82) is 0 Å². The largest absolute Gasteiger partial charge is 0.464 e. The van der Waals surface area contributed by atoms with Crippen LogP contribution in [-0.4, -0.2) is 36.3 Å². The van der Waals surface area contributed by atoms with Gasteiger partial charge < -0.3 is 10.1 Å². The molecule has 1 aliphatic rings. The fraction of sp³-hybridized carbons (Fsp3) is 0.500. The Hall–Kier alpha value is -1.49. The van der Waals surface area contributed by atoms with Crippen LogP contribution in [0.25, 0.3) is 0 Å². The standard InChI is InChI=1S/C12H15FN2O2/c1-2-17-11(16)12(13)8-15-7-10(12)9-4-3-5-14-6-9/h3-6,10,15H,2,7-8H2,1H3/t10-,12-/m0/s1. The second kappa shape index (κ2) is 4.79. The zero-order valence-corrected chi connectivity index (χ0v) is 9.65. The Bertz CT molecular complexity index is 399. The molecule has 0 aliphatic carbocycles. The number of hydrogen-bond acceptors (Lipinski definition) is 4. The number of ether oxygens (including phenoxy) is 1. The van der Waals surface area contributed by atoms with Crippen LogP contribution in [0.3, 0.4) is 0 Å². The molecule has 17 heavy (non-hydrogen) atoms. The van der Waals surface area contributed by atoms with E-state index < -0.39 is 17.6 Å². The lowest BCUT2D eigenvalue weighted by Gasteiger charge is -2.24. The summed E-state index contributed by atoms with van der Waals surface area (Å²) >= 11 is 0. The molecule has 0 radical (unpaired) electrons. The predicted octanol–water partition coefficient (Wildman–Crippen LogP) is 1.04. The van der Waals surface area contributed by atoms with Crippen LogP contribution in [0.15, 0.2) is 24.5 Å². The lowest BCUT2D eigenvalue weighted by Crippen LogP contribution is -2.42. The molecule has 1 aromatic rings. The summed E-state index contributed by atoms with van der Waals surface area (Å²) in [4.78, 5) is 15.6. The average Bonchev–Trinajstić information content (AvgIpc) is 2.74. The summed E-state index contributed by atoms with van der Waals surface area (Å²) in [6, 6.07) is 3.51. The van der Waals surface area contributed by atoms with Crippen molar-refractivity contribution in [2.45, 2.75) is 18.5 Å². The van der Waals surface area contributed by atoms with Crippen molar-refractivity contribution < 1.29 is 13.9 Å². The van der Waals surface area contributed by atoms with Gasteiger partial charge in [0.25, 0.3) is 0 Å². The molecule has 2 heterocycles. The number of rotatable bonds is 3. The predicted molar refractivity (Wildman–Crippen MR) is 60.3 cm³/mol. The van der Waals surface area contributed by atoms with E-state index >= 15 is 0 Å². The minimum Gasteiger partial charge on any atom is -0.464 e. The Labute approximate surface area is 99.2 Å². The van der Waals surface area contributed by atoms with Gasteiger partial charge in [0.1, 0.15) is 0 Å². The van der Waals surface area contributed by atoms with Gasteiger partial charge in [0, 0.05) is 31.4 Å². The number of hydrogen-bond donors (Lipinski definition) is 1. The van der Waals surface area contributed by atoms with Gasteiger partial charge in [0.05, 0.1) is 6.61 Å². The summed E-state index contributed by atoms with van der Waals surface area (Å²) in [7, 11) is 0. The molecule has 1 fully saturated rings. The Morgan fingerprint density at radius 1 is 1.76 bits per heavy atom. The molecule has 0 spiro atoms. The van der Waals surface area contributed by atoms with Crippen molar-refractivity contribution in [3.8, 4) is 0 Å². The highest BCUT2D eigenvalue weighted by atomic mass is 19.1. The number of aromatic nitrogens is 1. The van der Waals surface area contributed by atoms with Crippen LogP contribution in [0.4, 0.5) is 4.39 Å². The van der Waals surface area contributed by atoms with E-state index in [0.29, 0.717) is 12.1 Å². The number of halogens is 1. The molecule has 92 valence electrons. The maximum atomic E-state index is 14.7. The smallest absolute Gasteiger partial charge is 0.345 e. The van der Waals surface area contributed by atoms with Crippen molar-refractivity contribution in [2.24, 2.45) is 0 Å². The summed E-state index contributed by atoms with van der Waals surface area (Å²) in [6.45, 7) is 2.26. The van der Waals surface area contributed by atoms with Crippen LogP contribution >= 0.6 is 0 Å². The van der Waals surface area contributed by atoms with E-state index in [2.05, 4.69) is 10.3 Å². The molecule has 0 aromatic carbocycles.